The van der Waals surface area contributed by atoms with E-state index in [0.717, 1.165) is 31.0 Å². The van der Waals surface area contributed by atoms with E-state index in [4.69, 9.17) is 21.9 Å². The summed E-state index contributed by atoms with van der Waals surface area (Å²) in [5.41, 5.74) is 0. The van der Waals surface area contributed by atoms with Crippen LogP contribution in [0, 0.1) is 0 Å². The zero-order valence-electron chi connectivity index (χ0n) is 17.6. The number of aromatic nitrogens is 2. The lowest BCUT2D eigenvalue weighted by molar-refractivity contribution is 0.414. The summed E-state index contributed by atoms with van der Waals surface area (Å²) >= 11 is 5.56. The molecule has 6 nitrogen and oxygen atoms in total. The Morgan fingerprint density at radius 3 is 2.57 bits per heavy atom. The maximum Gasteiger partial charge on any atom is 0.234 e. The minimum Gasteiger partial charge on any atom is -0.439 e. The summed E-state index contributed by atoms with van der Waals surface area (Å²) in [6.07, 6.45) is 9.76. The standard InChI is InChI=1S/C23H31N5OS/c1-17-10-8-9-15-28(17)20-16-21(29-19-13-6-3-7-14-19)26-22(25-20)27-23(30)24-18-11-4-2-5-12-18/h3,6-7,13-14,16-18H,2,4-5,8-12,15H2,1H3,(H2,24,25,26,27,30)/t17-/m0/s1. The van der Waals surface area contributed by atoms with Gasteiger partial charge in [-0.25, -0.2) is 0 Å². The van der Waals surface area contributed by atoms with Crippen LogP contribution in [0.25, 0.3) is 0 Å². The van der Waals surface area contributed by atoms with Crippen molar-refractivity contribution in [1.29, 1.82) is 0 Å². The molecule has 1 aliphatic heterocycles. The summed E-state index contributed by atoms with van der Waals surface area (Å²) < 4.78 is 6.04. The van der Waals surface area contributed by atoms with Gasteiger partial charge in [-0.1, -0.05) is 37.5 Å². The molecule has 0 spiro atoms. The van der Waals surface area contributed by atoms with Crippen molar-refractivity contribution in [3.63, 3.8) is 0 Å². The Labute approximate surface area is 184 Å². The fourth-order valence-electron chi connectivity index (χ4n) is 4.29. The van der Waals surface area contributed by atoms with Crippen LogP contribution in [0.4, 0.5) is 11.8 Å². The Hall–Kier alpha value is -2.41. The molecular weight excluding hydrogens is 394 g/mol. The van der Waals surface area contributed by atoms with Crippen LogP contribution in [0.2, 0.25) is 0 Å². The van der Waals surface area contributed by atoms with Crippen LogP contribution in [0.5, 0.6) is 11.6 Å². The first-order valence-electron chi connectivity index (χ1n) is 11.1. The number of hydrogen-bond acceptors (Lipinski definition) is 5. The Kier molecular flexibility index (Phi) is 7.00. The molecule has 160 valence electrons. The summed E-state index contributed by atoms with van der Waals surface area (Å²) in [6, 6.07) is 12.5. The first-order chi connectivity index (χ1) is 14.7. The Morgan fingerprint density at radius 2 is 1.80 bits per heavy atom. The van der Waals surface area contributed by atoms with Gasteiger partial charge in [-0.15, -0.1) is 0 Å². The molecule has 1 aliphatic carbocycles. The second kappa shape index (κ2) is 10.1. The third-order valence-corrected chi connectivity index (χ3v) is 6.14. The van der Waals surface area contributed by atoms with Crippen molar-refractivity contribution in [1.82, 2.24) is 15.3 Å². The number of nitrogens with one attached hydrogen (secondary N) is 2. The van der Waals surface area contributed by atoms with E-state index in [-0.39, 0.29) is 0 Å². The quantitative estimate of drug-likeness (QED) is 0.633. The molecule has 1 saturated carbocycles. The van der Waals surface area contributed by atoms with Gasteiger partial charge in [-0.2, -0.15) is 9.97 Å². The average Bonchev–Trinajstić information content (AvgIpc) is 2.75. The predicted octanol–water partition coefficient (Wildman–Crippen LogP) is 5.27. The topological polar surface area (TPSA) is 62.3 Å². The number of piperidine rings is 1. The van der Waals surface area contributed by atoms with Crippen molar-refractivity contribution >= 4 is 29.1 Å². The van der Waals surface area contributed by atoms with Gasteiger partial charge in [0.15, 0.2) is 5.11 Å². The van der Waals surface area contributed by atoms with Gasteiger partial charge in [-0.05, 0) is 63.4 Å². The zero-order chi connectivity index (χ0) is 20.8. The van der Waals surface area contributed by atoms with Crippen LogP contribution in [0.1, 0.15) is 58.3 Å². The molecule has 1 aromatic carbocycles. The Bertz CT molecular complexity index is 841. The van der Waals surface area contributed by atoms with Crippen molar-refractivity contribution in [2.24, 2.45) is 0 Å². The third-order valence-electron chi connectivity index (χ3n) is 5.92. The molecule has 2 fully saturated rings. The number of thiocarbonyl (C=S) groups is 1. The highest BCUT2D eigenvalue weighted by molar-refractivity contribution is 7.80. The number of hydrogen-bond donors (Lipinski definition) is 2. The molecule has 0 radical (unpaired) electrons. The molecule has 7 heteroatoms. The largest absolute Gasteiger partial charge is 0.439 e. The number of ether oxygens (including phenoxy) is 1. The van der Waals surface area contributed by atoms with Gasteiger partial charge in [0.1, 0.15) is 11.6 Å². The van der Waals surface area contributed by atoms with Gasteiger partial charge >= 0.3 is 0 Å². The number of nitrogens with zero attached hydrogens (tertiary/aromatic N) is 3. The van der Waals surface area contributed by atoms with Gasteiger partial charge in [0.05, 0.1) is 0 Å². The van der Waals surface area contributed by atoms with Crippen molar-refractivity contribution in [3.8, 4) is 11.6 Å². The normalized spacial score (nSPS) is 19.9. The first-order valence-corrected chi connectivity index (χ1v) is 11.5. The predicted molar refractivity (Wildman–Crippen MR) is 125 cm³/mol. The van der Waals surface area contributed by atoms with Gasteiger partial charge in [0, 0.05) is 24.7 Å². The molecule has 2 aromatic rings. The third kappa shape index (κ3) is 5.59. The van der Waals surface area contributed by atoms with Gasteiger partial charge < -0.3 is 20.3 Å². The molecular formula is C23H31N5OS. The fourth-order valence-corrected chi connectivity index (χ4v) is 4.54. The molecule has 30 heavy (non-hydrogen) atoms. The average molecular weight is 426 g/mol. The molecule has 4 rings (SSSR count). The summed E-state index contributed by atoms with van der Waals surface area (Å²) in [5, 5.41) is 7.21. The highest BCUT2D eigenvalue weighted by Gasteiger charge is 2.22. The van der Waals surface area contributed by atoms with E-state index in [1.807, 2.05) is 36.4 Å². The lowest BCUT2D eigenvalue weighted by atomic mass is 9.96. The van der Waals surface area contributed by atoms with Crippen LogP contribution in [0.15, 0.2) is 36.4 Å². The first kappa shape index (κ1) is 20.8. The van der Waals surface area contributed by atoms with E-state index >= 15 is 0 Å². The highest BCUT2D eigenvalue weighted by Crippen LogP contribution is 2.29. The summed E-state index contributed by atoms with van der Waals surface area (Å²) in [7, 11) is 0. The molecule has 0 amide bonds. The van der Waals surface area contributed by atoms with Crippen LogP contribution < -0.4 is 20.3 Å². The number of anilines is 2. The van der Waals surface area contributed by atoms with Crippen LogP contribution in [-0.4, -0.2) is 33.7 Å². The lowest BCUT2D eigenvalue weighted by Gasteiger charge is -2.34. The molecule has 2 N–H and O–H groups in total. The molecule has 2 aliphatic rings. The molecule has 0 unspecified atom stereocenters. The zero-order valence-corrected chi connectivity index (χ0v) is 18.5. The lowest BCUT2D eigenvalue weighted by Crippen LogP contribution is -2.40. The number of para-hydroxylation sites is 1. The van der Waals surface area contributed by atoms with Gasteiger partial charge in [-0.3, -0.25) is 0 Å². The highest BCUT2D eigenvalue weighted by atomic mass is 32.1. The monoisotopic (exact) mass is 425 g/mol. The van der Waals surface area contributed by atoms with Crippen molar-refractivity contribution in [2.75, 3.05) is 16.8 Å². The second-order valence-corrected chi connectivity index (χ2v) is 8.68. The Balaban J connectivity index is 1.53. The SMILES string of the molecule is C[C@H]1CCCCN1c1cc(Oc2ccccc2)nc(NC(=S)NC2CCCCC2)n1. The van der Waals surface area contributed by atoms with E-state index in [1.165, 1.54) is 38.5 Å². The van der Waals surface area contributed by atoms with Crippen molar-refractivity contribution in [2.45, 2.75) is 70.4 Å². The van der Waals surface area contributed by atoms with Crippen LogP contribution in [0.3, 0.4) is 0 Å². The molecule has 1 atom stereocenters. The second-order valence-electron chi connectivity index (χ2n) is 8.27. The van der Waals surface area contributed by atoms with Crippen molar-refractivity contribution in [3.05, 3.63) is 36.4 Å². The van der Waals surface area contributed by atoms with E-state index in [1.54, 1.807) is 0 Å². The van der Waals surface area contributed by atoms with E-state index in [0.29, 0.717) is 29.0 Å². The fraction of sp³-hybridized carbons (Fsp3) is 0.522. The van der Waals surface area contributed by atoms with E-state index < -0.39 is 0 Å². The molecule has 2 heterocycles. The molecule has 1 saturated heterocycles. The minimum absolute atomic E-state index is 0.434. The van der Waals surface area contributed by atoms with E-state index in [2.05, 4.69) is 27.4 Å². The van der Waals surface area contributed by atoms with Crippen LogP contribution >= 0.6 is 12.2 Å². The molecule has 1 aromatic heterocycles. The molecule has 0 bridgehead atoms. The van der Waals surface area contributed by atoms with Gasteiger partial charge in [0.2, 0.25) is 11.8 Å². The van der Waals surface area contributed by atoms with E-state index in [9.17, 15) is 0 Å². The maximum atomic E-state index is 6.04. The number of benzene rings is 1. The van der Waals surface area contributed by atoms with Gasteiger partial charge in [0.25, 0.3) is 0 Å². The Morgan fingerprint density at radius 1 is 1.03 bits per heavy atom. The van der Waals surface area contributed by atoms with Crippen LogP contribution in [-0.2, 0) is 0 Å². The maximum absolute atomic E-state index is 6.04. The number of rotatable bonds is 5. The smallest absolute Gasteiger partial charge is 0.234 e. The summed E-state index contributed by atoms with van der Waals surface area (Å²) in [4.78, 5) is 11.7. The van der Waals surface area contributed by atoms with Crippen molar-refractivity contribution < 1.29 is 4.74 Å². The minimum atomic E-state index is 0.434. The summed E-state index contributed by atoms with van der Waals surface area (Å²) in [6.45, 7) is 3.24. The summed E-state index contributed by atoms with van der Waals surface area (Å²) in [5.74, 6) is 2.63.